The molecule has 0 spiro atoms. The molecule has 1 atom stereocenters. The van der Waals surface area contributed by atoms with Crippen molar-refractivity contribution in [3.63, 3.8) is 0 Å². The zero-order valence-electron chi connectivity index (χ0n) is 11.2. The summed E-state index contributed by atoms with van der Waals surface area (Å²) in [5.41, 5.74) is 0. The molecule has 6 heteroatoms. The molecular weight excluding hydrogens is 276 g/mol. The second-order valence-electron chi connectivity index (χ2n) is 5.23. The number of carbonyl (C=O) groups excluding carboxylic acids is 2. The SMILES string of the molecule is O=C(NC1CCN([C@@H]2CCOC2=O)CC1)c1cccs1. The van der Waals surface area contributed by atoms with Gasteiger partial charge in [-0.2, -0.15) is 0 Å². The van der Waals surface area contributed by atoms with E-state index in [-0.39, 0.29) is 24.0 Å². The maximum absolute atomic E-state index is 12.0. The lowest BCUT2D eigenvalue weighted by Gasteiger charge is -2.34. The molecule has 1 amide bonds. The molecule has 1 aromatic rings. The zero-order valence-corrected chi connectivity index (χ0v) is 12.0. The molecular formula is C14H18N2O3S. The molecule has 1 aromatic heterocycles. The maximum atomic E-state index is 12.0. The third-order valence-corrected chi connectivity index (χ3v) is 4.83. The van der Waals surface area contributed by atoms with Gasteiger partial charge in [-0.1, -0.05) is 6.07 Å². The Morgan fingerprint density at radius 3 is 2.75 bits per heavy atom. The van der Waals surface area contributed by atoms with Gasteiger partial charge in [0, 0.05) is 25.6 Å². The van der Waals surface area contributed by atoms with E-state index >= 15 is 0 Å². The van der Waals surface area contributed by atoms with Crippen LogP contribution >= 0.6 is 11.3 Å². The molecule has 0 radical (unpaired) electrons. The first kappa shape index (κ1) is 13.6. The third-order valence-electron chi connectivity index (χ3n) is 3.96. The van der Waals surface area contributed by atoms with Gasteiger partial charge in [0.2, 0.25) is 0 Å². The van der Waals surface area contributed by atoms with Crippen molar-refractivity contribution in [3.8, 4) is 0 Å². The summed E-state index contributed by atoms with van der Waals surface area (Å²) >= 11 is 1.46. The molecule has 0 aromatic carbocycles. The zero-order chi connectivity index (χ0) is 13.9. The summed E-state index contributed by atoms with van der Waals surface area (Å²) in [6, 6.07) is 3.86. The number of cyclic esters (lactones) is 1. The molecule has 3 rings (SSSR count). The first-order chi connectivity index (χ1) is 9.74. The molecule has 2 saturated heterocycles. The van der Waals surface area contributed by atoms with Gasteiger partial charge in [-0.3, -0.25) is 14.5 Å². The number of amides is 1. The lowest BCUT2D eigenvalue weighted by Crippen LogP contribution is -2.49. The standard InChI is InChI=1S/C14H18N2O3S/c17-13(12-2-1-9-20-12)15-10-3-6-16(7-4-10)11-5-8-19-14(11)18/h1-2,9-11H,3-8H2,(H,15,17)/t11-/m1/s1. The molecule has 0 saturated carbocycles. The Hall–Kier alpha value is -1.40. The molecule has 2 aliphatic rings. The highest BCUT2D eigenvalue weighted by atomic mass is 32.1. The first-order valence-electron chi connectivity index (χ1n) is 6.99. The van der Waals surface area contributed by atoms with E-state index in [1.165, 1.54) is 11.3 Å². The van der Waals surface area contributed by atoms with Crippen molar-refractivity contribution < 1.29 is 14.3 Å². The topological polar surface area (TPSA) is 58.6 Å². The number of carbonyl (C=O) groups is 2. The molecule has 3 heterocycles. The molecule has 20 heavy (non-hydrogen) atoms. The normalized spacial score (nSPS) is 24.6. The maximum Gasteiger partial charge on any atom is 0.323 e. The number of piperidine rings is 1. The van der Waals surface area contributed by atoms with Crippen molar-refractivity contribution >= 4 is 23.2 Å². The van der Waals surface area contributed by atoms with Crippen molar-refractivity contribution in [1.82, 2.24) is 10.2 Å². The number of hydrogen-bond donors (Lipinski definition) is 1. The summed E-state index contributed by atoms with van der Waals surface area (Å²) in [4.78, 5) is 26.5. The van der Waals surface area contributed by atoms with Crippen LogP contribution in [0.5, 0.6) is 0 Å². The predicted octanol–water partition coefficient (Wildman–Crippen LogP) is 1.26. The minimum atomic E-state index is -0.0916. The molecule has 0 unspecified atom stereocenters. The number of nitrogens with one attached hydrogen (secondary N) is 1. The quantitative estimate of drug-likeness (QED) is 0.853. The Bertz CT molecular complexity index is 481. The van der Waals surface area contributed by atoms with Crippen LogP contribution < -0.4 is 5.32 Å². The summed E-state index contributed by atoms with van der Waals surface area (Å²) < 4.78 is 5.01. The van der Waals surface area contributed by atoms with Gasteiger partial charge in [0.05, 0.1) is 11.5 Å². The van der Waals surface area contributed by atoms with Gasteiger partial charge in [-0.15, -0.1) is 11.3 Å². The number of likely N-dealkylation sites (tertiary alicyclic amines) is 1. The number of esters is 1. The first-order valence-corrected chi connectivity index (χ1v) is 7.87. The van der Waals surface area contributed by atoms with E-state index in [1.54, 1.807) is 0 Å². The average molecular weight is 294 g/mol. The van der Waals surface area contributed by atoms with Crippen LogP contribution in [0.25, 0.3) is 0 Å². The lowest BCUT2D eigenvalue weighted by molar-refractivity contribution is -0.142. The lowest BCUT2D eigenvalue weighted by atomic mass is 10.0. The van der Waals surface area contributed by atoms with Crippen molar-refractivity contribution in [2.24, 2.45) is 0 Å². The van der Waals surface area contributed by atoms with Crippen LogP contribution in [-0.2, 0) is 9.53 Å². The van der Waals surface area contributed by atoms with E-state index in [2.05, 4.69) is 10.2 Å². The monoisotopic (exact) mass is 294 g/mol. The second-order valence-corrected chi connectivity index (χ2v) is 6.18. The molecule has 5 nitrogen and oxygen atoms in total. The Labute approximate surface area is 121 Å². The summed E-state index contributed by atoms with van der Waals surface area (Å²) in [5, 5.41) is 4.98. The summed E-state index contributed by atoms with van der Waals surface area (Å²) in [6.45, 7) is 2.23. The van der Waals surface area contributed by atoms with Crippen LogP contribution in [0.2, 0.25) is 0 Å². The number of rotatable bonds is 3. The van der Waals surface area contributed by atoms with E-state index in [1.807, 2.05) is 17.5 Å². The Morgan fingerprint density at radius 2 is 2.15 bits per heavy atom. The highest BCUT2D eigenvalue weighted by Crippen LogP contribution is 2.20. The van der Waals surface area contributed by atoms with Crippen LogP contribution in [0, 0.1) is 0 Å². The van der Waals surface area contributed by atoms with Crippen molar-refractivity contribution in [1.29, 1.82) is 0 Å². The number of ether oxygens (including phenoxy) is 1. The van der Waals surface area contributed by atoms with Crippen molar-refractivity contribution in [2.45, 2.75) is 31.3 Å². The van der Waals surface area contributed by atoms with Gasteiger partial charge in [0.1, 0.15) is 6.04 Å². The van der Waals surface area contributed by atoms with Gasteiger partial charge >= 0.3 is 5.97 Å². The largest absolute Gasteiger partial charge is 0.464 e. The van der Waals surface area contributed by atoms with E-state index in [4.69, 9.17) is 4.74 Å². The molecule has 0 aliphatic carbocycles. The number of nitrogens with zero attached hydrogens (tertiary/aromatic N) is 1. The molecule has 1 N–H and O–H groups in total. The van der Waals surface area contributed by atoms with Crippen LogP contribution in [0.1, 0.15) is 28.9 Å². The fourth-order valence-corrected chi connectivity index (χ4v) is 3.46. The average Bonchev–Trinajstić information content (AvgIpc) is 3.11. The number of thiophene rings is 1. The highest BCUT2D eigenvalue weighted by Gasteiger charge is 2.34. The Morgan fingerprint density at radius 1 is 1.35 bits per heavy atom. The molecule has 108 valence electrons. The number of hydrogen-bond acceptors (Lipinski definition) is 5. The van der Waals surface area contributed by atoms with Crippen LogP contribution in [0.3, 0.4) is 0 Å². The minimum Gasteiger partial charge on any atom is -0.464 e. The van der Waals surface area contributed by atoms with Crippen molar-refractivity contribution in [3.05, 3.63) is 22.4 Å². The summed E-state index contributed by atoms with van der Waals surface area (Å²) in [7, 11) is 0. The summed E-state index contributed by atoms with van der Waals surface area (Å²) in [6.07, 6.45) is 2.58. The van der Waals surface area contributed by atoms with E-state index in [9.17, 15) is 9.59 Å². The van der Waals surface area contributed by atoms with Crippen LogP contribution in [0.15, 0.2) is 17.5 Å². The van der Waals surface area contributed by atoms with Crippen LogP contribution in [0.4, 0.5) is 0 Å². The predicted molar refractivity (Wildman–Crippen MR) is 75.7 cm³/mol. The Kier molecular flexibility index (Phi) is 4.03. The Balaban J connectivity index is 1.49. The molecule has 2 aliphatic heterocycles. The fourth-order valence-electron chi connectivity index (χ4n) is 2.84. The fraction of sp³-hybridized carbons (Fsp3) is 0.571. The highest BCUT2D eigenvalue weighted by molar-refractivity contribution is 7.12. The van der Waals surface area contributed by atoms with Gasteiger partial charge in [-0.05, 0) is 24.3 Å². The van der Waals surface area contributed by atoms with Gasteiger partial charge < -0.3 is 10.1 Å². The van der Waals surface area contributed by atoms with Gasteiger partial charge in [0.15, 0.2) is 0 Å². The van der Waals surface area contributed by atoms with Gasteiger partial charge in [-0.25, -0.2) is 0 Å². The third kappa shape index (κ3) is 2.86. The van der Waals surface area contributed by atoms with Crippen LogP contribution in [-0.4, -0.2) is 48.6 Å². The van der Waals surface area contributed by atoms with E-state index in [0.29, 0.717) is 6.61 Å². The van der Waals surface area contributed by atoms with Gasteiger partial charge in [0.25, 0.3) is 5.91 Å². The molecule has 2 fully saturated rings. The van der Waals surface area contributed by atoms with Crippen molar-refractivity contribution in [2.75, 3.05) is 19.7 Å². The smallest absolute Gasteiger partial charge is 0.323 e. The van der Waals surface area contributed by atoms with E-state index in [0.717, 1.165) is 37.2 Å². The molecule has 0 bridgehead atoms. The summed E-state index contributed by atoms with van der Waals surface area (Å²) in [5.74, 6) is -0.0789. The second kappa shape index (κ2) is 5.93. The van der Waals surface area contributed by atoms with E-state index < -0.39 is 0 Å². The minimum absolute atomic E-state index is 0.0127.